The van der Waals surface area contributed by atoms with Crippen LogP contribution in [-0.4, -0.2) is 40.6 Å². The zero-order valence-corrected chi connectivity index (χ0v) is 22.7. The Morgan fingerprint density at radius 2 is 1.73 bits per heavy atom. The summed E-state index contributed by atoms with van der Waals surface area (Å²) in [7, 11) is -4.11. The van der Waals surface area contributed by atoms with Gasteiger partial charge in [-0.1, -0.05) is 66.2 Å². The summed E-state index contributed by atoms with van der Waals surface area (Å²) < 4.78 is 48.6. The predicted molar refractivity (Wildman–Crippen MR) is 150 cm³/mol. The Morgan fingerprint density at radius 1 is 0.925 bits per heavy atom. The molecule has 0 atom stereocenters. The summed E-state index contributed by atoms with van der Waals surface area (Å²) in [4.78, 5) is 4.12. The number of nitrogens with one attached hydrogen (secondary N) is 1. The van der Waals surface area contributed by atoms with Crippen molar-refractivity contribution in [1.29, 1.82) is 0 Å². The molecule has 5 rings (SSSR count). The summed E-state index contributed by atoms with van der Waals surface area (Å²) >= 11 is 6.76. The van der Waals surface area contributed by atoms with E-state index in [1.54, 1.807) is 18.5 Å². The average molecular weight is 581 g/mol. The molecule has 0 saturated heterocycles. The number of pyridine rings is 1. The first kappa shape index (κ1) is 27.5. The van der Waals surface area contributed by atoms with E-state index in [0.717, 1.165) is 22.3 Å². The number of halogens is 1. The normalized spacial score (nSPS) is 11.6. The highest BCUT2D eigenvalue weighted by molar-refractivity contribution is 7.85. The fraction of sp³-hybridized carbons (Fsp3) is 0.179. The maximum atomic E-state index is 11.1. The number of fused-ring (bicyclic) bond motifs is 1. The monoisotopic (exact) mass is 580 g/mol. The zero-order valence-electron chi connectivity index (χ0n) is 21.2. The molecule has 0 spiro atoms. The van der Waals surface area contributed by atoms with Gasteiger partial charge in [0.1, 0.15) is 24.5 Å². The third kappa shape index (κ3) is 6.75. The van der Waals surface area contributed by atoms with Crippen LogP contribution >= 0.6 is 11.6 Å². The van der Waals surface area contributed by atoms with Crippen LogP contribution in [0.4, 0.5) is 0 Å². The van der Waals surface area contributed by atoms with Crippen molar-refractivity contribution in [3.05, 3.63) is 101 Å². The molecule has 0 unspecified atom stereocenters. The highest BCUT2D eigenvalue weighted by Gasteiger charge is 2.20. The van der Waals surface area contributed by atoms with E-state index in [4.69, 9.17) is 30.3 Å². The van der Waals surface area contributed by atoms with Crippen LogP contribution in [0.15, 0.2) is 83.8 Å². The fourth-order valence-electron chi connectivity index (χ4n) is 4.10. The molecule has 0 aliphatic heterocycles. The van der Waals surface area contributed by atoms with Crippen LogP contribution in [0.3, 0.4) is 0 Å². The molecule has 206 valence electrons. The van der Waals surface area contributed by atoms with Crippen LogP contribution in [0, 0.1) is 0 Å². The van der Waals surface area contributed by atoms with E-state index >= 15 is 0 Å². The Kier molecular flexibility index (Phi) is 8.56. The van der Waals surface area contributed by atoms with Gasteiger partial charge in [0.25, 0.3) is 10.1 Å². The van der Waals surface area contributed by atoms with Crippen LogP contribution in [0.25, 0.3) is 22.2 Å². The van der Waals surface area contributed by atoms with Gasteiger partial charge in [0.15, 0.2) is 11.3 Å². The van der Waals surface area contributed by atoms with Crippen LogP contribution in [0.1, 0.15) is 16.7 Å². The lowest BCUT2D eigenvalue weighted by Crippen LogP contribution is -2.22. The molecular formula is C28H25ClN4O6S. The number of aromatic nitrogens is 3. The van der Waals surface area contributed by atoms with Gasteiger partial charge in [0, 0.05) is 53.8 Å². The Bertz CT molecular complexity index is 1700. The quantitative estimate of drug-likeness (QED) is 0.152. The second kappa shape index (κ2) is 12.4. The van der Waals surface area contributed by atoms with Gasteiger partial charge >= 0.3 is 0 Å². The third-order valence-electron chi connectivity index (χ3n) is 6.07. The maximum absolute atomic E-state index is 11.1. The Balaban J connectivity index is 1.43. The van der Waals surface area contributed by atoms with Crippen molar-refractivity contribution in [3.63, 3.8) is 0 Å². The smallest absolute Gasteiger partial charge is 0.266 e. The number of rotatable bonds is 12. The summed E-state index contributed by atoms with van der Waals surface area (Å²) in [6.45, 7) is 0.554. The van der Waals surface area contributed by atoms with E-state index in [1.807, 2.05) is 60.7 Å². The van der Waals surface area contributed by atoms with Gasteiger partial charge in [0.05, 0.1) is 10.8 Å². The topological polar surface area (TPSA) is 137 Å². The first-order chi connectivity index (χ1) is 19.4. The molecule has 0 aliphatic rings. The van der Waals surface area contributed by atoms with Crippen molar-refractivity contribution < 1.29 is 27.1 Å². The fourth-order valence-corrected chi connectivity index (χ4v) is 4.79. The lowest BCUT2D eigenvalue weighted by atomic mass is 10.0. The molecule has 5 aromatic rings. The minimum atomic E-state index is -4.11. The molecule has 40 heavy (non-hydrogen) atoms. The van der Waals surface area contributed by atoms with E-state index in [9.17, 15) is 8.42 Å². The van der Waals surface area contributed by atoms with Gasteiger partial charge in [-0.25, -0.2) is 4.63 Å². The summed E-state index contributed by atoms with van der Waals surface area (Å²) in [5, 5.41) is 11.7. The summed E-state index contributed by atoms with van der Waals surface area (Å²) in [6, 6.07) is 21.0. The number of hydrogen-bond donors (Lipinski definition) is 2. The van der Waals surface area contributed by atoms with Gasteiger partial charge in [-0.2, -0.15) is 8.42 Å². The van der Waals surface area contributed by atoms with E-state index in [2.05, 4.69) is 20.6 Å². The number of benzene rings is 3. The summed E-state index contributed by atoms with van der Waals surface area (Å²) in [6.07, 6.45) is 3.37. The van der Waals surface area contributed by atoms with Crippen molar-refractivity contribution in [2.75, 3.05) is 12.3 Å². The van der Waals surface area contributed by atoms with Crippen molar-refractivity contribution >= 4 is 32.8 Å². The van der Waals surface area contributed by atoms with Crippen molar-refractivity contribution in [2.45, 2.75) is 19.8 Å². The van der Waals surface area contributed by atoms with Gasteiger partial charge in [-0.15, -0.1) is 0 Å². The maximum Gasteiger partial charge on any atom is 0.266 e. The molecule has 0 aliphatic carbocycles. The van der Waals surface area contributed by atoms with Crippen LogP contribution in [0.2, 0.25) is 5.02 Å². The molecule has 3 aromatic carbocycles. The number of nitrogens with zero attached hydrogens (tertiary/aromatic N) is 3. The number of ether oxygens (including phenoxy) is 2. The largest absolute Gasteiger partial charge is 0.488 e. The SMILES string of the molecule is O=S(=O)(O)CCNCc1c(OCc2cccnc2)cc(OCc2cccc(-c3ccccc3)c2Cl)c2nonc12. The zero-order chi connectivity index (χ0) is 28.0. The van der Waals surface area contributed by atoms with E-state index in [1.165, 1.54) is 0 Å². The lowest BCUT2D eigenvalue weighted by Gasteiger charge is -2.16. The second-order valence-corrected chi connectivity index (χ2v) is 10.8. The van der Waals surface area contributed by atoms with Crippen molar-refractivity contribution in [3.8, 4) is 22.6 Å². The van der Waals surface area contributed by atoms with Gasteiger partial charge in [0.2, 0.25) is 0 Å². The molecular weight excluding hydrogens is 556 g/mol. The van der Waals surface area contributed by atoms with Gasteiger partial charge < -0.3 is 14.8 Å². The predicted octanol–water partition coefficient (Wildman–Crippen LogP) is 5.07. The Morgan fingerprint density at radius 3 is 2.50 bits per heavy atom. The minimum Gasteiger partial charge on any atom is -0.488 e. The highest BCUT2D eigenvalue weighted by atomic mass is 35.5. The molecule has 0 saturated carbocycles. The molecule has 2 aromatic heterocycles. The van der Waals surface area contributed by atoms with Crippen LogP contribution in [-0.2, 0) is 29.9 Å². The molecule has 2 N–H and O–H groups in total. The Hall–Kier alpha value is -4.03. The second-order valence-electron chi connectivity index (χ2n) is 8.86. The third-order valence-corrected chi connectivity index (χ3v) is 7.24. The first-order valence-corrected chi connectivity index (χ1v) is 14.3. The lowest BCUT2D eigenvalue weighted by molar-refractivity contribution is 0.288. The van der Waals surface area contributed by atoms with E-state index in [0.29, 0.717) is 33.1 Å². The standard InChI is InChI=1S/C28H25ClN4O6S/c29-26-21(9-4-10-22(26)20-7-2-1-3-8-20)18-38-25-14-24(37-17-19-6-5-11-30-15-19)23(27-28(25)33-39-32-27)16-31-12-13-40(34,35)36/h1-11,14-15,31H,12-13,16-18H2,(H,34,35,36). The number of hydrogen-bond acceptors (Lipinski definition) is 9. The van der Waals surface area contributed by atoms with E-state index < -0.39 is 15.9 Å². The van der Waals surface area contributed by atoms with Crippen LogP contribution in [0.5, 0.6) is 11.5 Å². The Labute approximate surface area is 235 Å². The highest BCUT2D eigenvalue weighted by Crippen LogP contribution is 2.36. The molecule has 2 heterocycles. The summed E-state index contributed by atoms with van der Waals surface area (Å²) in [5.41, 5.74) is 4.86. The van der Waals surface area contributed by atoms with Crippen molar-refractivity contribution in [2.24, 2.45) is 0 Å². The molecule has 12 heteroatoms. The summed E-state index contributed by atoms with van der Waals surface area (Å²) in [5.74, 6) is 0.370. The minimum absolute atomic E-state index is 0.0160. The first-order valence-electron chi connectivity index (χ1n) is 12.3. The van der Waals surface area contributed by atoms with Gasteiger partial charge in [-0.05, 0) is 21.9 Å². The molecule has 0 fully saturated rings. The molecule has 10 nitrogen and oxygen atoms in total. The molecule has 0 radical (unpaired) electrons. The van der Waals surface area contributed by atoms with Gasteiger partial charge in [-0.3, -0.25) is 9.54 Å². The van der Waals surface area contributed by atoms with Crippen molar-refractivity contribution in [1.82, 2.24) is 20.6 Å². The molecule has 0 bridgehead atoms. The molecule has 0 amide bonds. The van der Waals surface area contributed by atoms with E-state index in [-0.39, 0.29) is 26.3 Å². The average Bonchev–Trinajstić information content (AvgIpc) is 3.45. The van der Waals surface area contributed by atoms with Crippen LogP contribution < -0.4 is 14.8 Å².